The van der Waals surface area contributed by atoms with Gasteiger partial charge < -0.3 is 0 Å². The van der Waals surface area contributed by atoms with Crippen LogP contribution in [0, 0.1) is 23.2 Å². The summed E-state index contributed by atoms with van der Waals surface area (Å²) < 4.78 is 0. The van der Waals surface area contributed by atoms with Crippen LogP contribution in [0.4, 0.5) is 0 Å². The van der Waals surface area contributed by atoms with Crippen LogP contribution in [0.2, 0.25) is 0 Å². The Labute approximate surface area is 152 Å². The van der Waals surface area contributed by atoms with E-state index in [1.807, 2.05) is 48.4 Å². The molecule has 1 fully saturated rings. The van der Waals surface area contributed by atoms with Crippen LogP contribution in [0.25, 0.3) is 21.9 Å². The highest BCUT2D eigenvalue weighted by Gasteiger charge is 2.25. The minimum absolute atomic E-state index is 0.723. The first kappa shape index (κ1) is 16.2. The molecule has 0 aliphatic heterocycles. The number of nitriles is 1. The lowest BCUT2D eigenvalue weighted by molar-refractivity contribution is 0.238. The Morgan fingerprint density at radius 3 is 2.64 bits per heavy atom. The number of benzene rings is 2. The van der Waals surface area contributed by atoms with Crippen LogP contribution in [0.1, 0.15) is 25.3 Å². The molecular weight excluding hydrogens is 324 g/mol. The smallest absolute Gasteiger partial charge is 0.0998 e. The van der Waals surface area contributed by atoms with E-state index >= 15 is 0 Å². The fraction of sp³-hybridized carbons (Fsp3) is 0.273. The molecule has 0 saturated heterocycles. The van der Waals surface area contributed by atoms with Crippen molar-refractivity contribution in [2.75, 3.05) is 5.75 Å². The van der Waals surface area contributed by atoms with Gasteiger partial charge in [-0.15, -0.1) is 11.8 Å². The summed E-state index contributed by atoms with van der Waals surface area (Å²) in [4.78, 5) is 5.65. The van der Waals surface area contributed by atoms with Gasteiger partial charge in [-0.3, -0.25) is 4.98 Å². The van der Waals surface area contributed by atoms with Gasteiger partial charge in [0.1, 0.15) is 0 Å². The Hall–Kier alpha value is -2.31. The number of pyridine rings is 1. The molecule has 0 atom stereocenters. The normalized spacial score (nSPS) is 19.4. The Morgan fingerprint density at radius 1 is 1.08 bits per heavy atom. The van der Waals surface area contributed by atoms with Crippen LogP contribution < -0.4 is 0 Å². The van der Waals surface area contributed by atoms with Gasteiger partial charge >= 0.3 is 0 Å². The van der Waals surface area contributed by atoms with Crippen LogP contribution in [-0.4, -0.2) is 10.7 Å². The highest BCUT2D eigenvalue weighted by Crippen LogP contribution is 2.40. The lowest BCUT2D eigenvalue weighted by Crippen LogP contribution is -2.22. The number of aromatic nitrogens is 1. The number of fused-ring (bicyclic) bond motifs is 1. The Balaban J connectivity index is 1.73. The van der Waals surface area contributed by atoms with Crippen molar-refractivity contribution in [1.29, 1.82) is 5.26 Å². The summed E-state index contributed by atoms with van der Waals surface area (Å²) in [6, 6.07) is 16.6. The molecule has 0 amide bonds. The number of nitrogens with zero attached hydrogens (tertiary/aromatic N) is 2. The first-order valence-electron chi connectivity index (χ1n) is 8.75. The molecule has 1 aliphatic rings. The predicted octanol–water partition coefficient (Wildman–Crippen LogP) is 5.91. The SMILES string of the molecule is C[C@H]1C[C@@H](CSc2ccncc2-c2ccc(C#N)c3ccccc23)C1. The minimum atomic E-state index is 0.723. The highest BCUT2D eigenvalue weighted by atomic mass is 32.2. The maximum absolute atomic E-state index is 9.39. The molecule has 0 bridgehead atoms. The molecule has 0 unspecified atom stereocenters. The first-order chi connectivity index (χ1) is 12.3. The summed E-state index contributed by atoms with van der Waals surface area (Å²) in [5.74, 6) is 2.92. The molecule has 1 aliphatic carbocycles. The van der Waals surface area contributed by atoms with Gasteiger partial charge in [-0.1, -0.05) is 37.3 Å². The predicted molar refractivity (Wildman–Crippen MR) is 105 cm³/mol. The van der Waals surface area contributed by atoms with Crippen LogP contribution in [0.15, 0.2) is 59.8 Å². The molecule has 2 nitrogen and oxygen atoms in total. The second-order valence-corrected chi connectivity index (χ2v) is 8.01. The van der Waals surface area contributed by atoms with E-state index in [0.717, 1.165) is 33.7 Å². The van der Waals surface area contributed by atoms with Gasteiger partial charge in [0, 0.05) is 34.0 Å². The van der Waals surface area contributed by atoms with Crippen LogP contribution in [-0.2, 0) is 0 Å². The molecule has 0 spiro atoms. The van der Waals surface area contributed by atoms with Gasteiger partial charge in [0.2, 0.25) is 0 Å². The van der Waals surface area contributed by atoms with Crippen molar-refractivity contribution in [3.05, 3.63) is 60.4 Å². The largest absolute Gasteiger partial charge is 0.264 e. The van der Waals surface area contributed by atoms with Crippen molar-refractivity contribution in [1.82, 2.24) is 4.98 Å². The van der Waals surface area contributed by atoms with Crippen LogP contribution in [0.5, 0.6) is 0 Å². The Morgan fingerprint density at radius 2 is 1.88 bits per heavy atom. The lowest BCUT2D eigenvalue weighted by atomic mass is 9.77. The molecule has 1 heterocycles. The van der Waals surface area contributed by atoms with Crippen molar-refractivity contribution >= 4 is 22.5 Å². The summed E-state index contributed by atoms with van der Waals surface area (Å²) in [6.07, 6.45) is 6.54. The molecule has 0 radical (unpaired) electrons. The second kappa shape index (κ2) is 6.90. The molecule has 0 N–H and O–H groups in total. The van der Waals surface area contributed by atoms with E-state index < -0.39 is 0 Å². The van der Waals surface area contributed by atoms with Crippen LogP contribution >= 0.6 is 11.8 Å². The van der Waals surface area contributed by atoms with Crippen molar-refractivity contribution in [2.45, 2.75) is 24.7 Å². The van der Waals surface area contributed by atoms with Crippen molar-refractivity contribution < 1.29 is 0 Å². The molecular formula is C22H20N2S. The van der Waals surface area contributed by atoms with Crippen molar-refractivity contribution in [2.24, 2.45) is 11.8 Å². The van der Waals surface area contributed by atoms with E-state index in [1.54, 1.807) is 0 Å². The van der Waals surface area contributed by atoms with E-state index in [2.05, 4.69) is 36.2 Å². The third-order valence-electron chi connectivity index (χ3n) is 5.06. The van der Waals surface area contributed by atoms with Crippen LogP contribution in [0.3, 0.4) is 0 Å². The third-order valence-corrected chi connectivity index (χ3v) is 6.37. The average molecular weight is 344 g/mol. The van der Waals surface area contributed by atoms with E-state index in [-0.39, 0.29) is 0 Å². The minimum Gasteiger partial charge on any atom is -0.264 e. The van der Waals surface area contributed by atoms with Gasteiger partial charge in [0.05, 0.1) is 11.6 Å². The monoisotopic (exact) mass is 344 g/mol. The summed E-state index contributed by atoms with van der Waals surface area (Å²) in [7, 11) is 0. The summed E-state index contributed by atoms with van der Waals surface area (Å²) in [5.41, 5.74) is 3.05. The topological polar surface area (TPSA) is 36.7 Å². The molecule has 3 aromatic rings. The Bertz CT molecular complexity index is 952. The molecule has 124 valence electrons. The quantitative estimate of drug-likeness (QED) is 0.552. The number of rotatable bonds is 4. The van der Waals surface area contributed by atoms with E-state index in [0.29, 0.717) is 0 Å². The maximum atomic E-state index is 9.39. The molecule has 1 aromatic heterocycles. The summed E-state index contributed by atoms with van der Waals surface area (Å²) in [5, 5.41) is 11.5. The van der Waals surface area contributed by atoms with Gasteiger partial charge in [0.15, 0.2) is 0 Å². The third kappa shape index (κ3) is 3.15. The van der Waals surface area contributed by atoms with Crippen molar-refractivity contribution in [3.63, 3.8) is 0 Å². The highest BCUT2D eigenvalue weighted by molar-refractivity contribution is 7.99. The Kier molecular flexibility index (Phi) is 4.46. The fourth-order valence-corrected chi connectivity index (χ4v) is 4.92. The van der Waals surface area contributed by atoms with Gasteiger partial charge in [-0.25, -0.2) is 0 Å². The van der Waals surface area contributed by atoms with E-state index in [4.69, 9.17) is 0 Å². The fourth-order valence-electron chi connectivity index (χ4n) is 3.75. The molecule has 4 rings (SSSR count). The lowest BCUT2D eigenvalue weighted by Gasteiger charge is -2.32. The zero-order valence-corrected chi connectivity index (χ0v) is 15.1. The van der Waals surface area contributed by atoms with Crippen molar-refractivity contribution in [3.8, 4) is 17.2 Å². The van der Waals surface area contributed by atoms with E-state index in [1.165, 1.54) is 29.1 Å². The molecule has 1 saturated carbocycles. The van der Waals surface area contributed by atoms with Gasteiger partial charge in [-0.2, -0.15) is 5.26 Å². The summed E-state index contributed by atoms with van der Waals surface area (Å²) in [6.45, 7) is 2.34. The molecule has 3 heteroatoms. The number of hydrogen-bond donors (Lipinski definition) is 0. The maximum Gasteiger partial charge on any atom is 0.0998 e. The van der Waals surface area contributed by atoms with Gasteiger partial charge in [0.25, 0.3) is 0 Å². The zero-order valence-electron chi connectivity index (χ0n) is 14.3. The number of hydrogen-bond acceptors (Lipinski definition) is 3. The van der Waals surface area contributed by atoms with Gasteiger partial charge in [-0.05, 0) is 47.8 Å². The average Bonchev–Trinajstić information content (AvgIpc) is 2.64. The molecule has 25 heavy (non-hydrogen) atoms. The number of thioether (sulfide) groups is 1. The zero-order chi connectivity index (χ0) is 17.2. The summed E-state index contributed by atoms with van der Waals surface area (Å²) >= 11 is 1.94. The second-order valence-electron chi connectivity index (χ2n) is 6.94. The first-order valence-corrected chi connectivity index (χ1v) is 9.74. The standard InChI is InChI=1S/C22H20N2S/c1-15-10-16(11-15)14-25-22-8-9-24-13-21(22)20-7-6-17(12-23)18-4-2-3-5-19(18)20/h2-9,13,15-16H,10-11,14H2,1H3/t15-,16+. The molecule has 2 aromatic carbocycles. The van der Waals surface area contributed by atoms with E-state index in [9.17, 15) is 5.26 Å².